The molecule has 60 valence electrons. The standard InChI is InChI=1S/C7H9IN2S/c1-4(5-2-3-5)6-9-7(8)10-11-6/h4-5H,2-3H2,1H3. The molecule has 1 aromatic rings. The van der Waals surface area contributed by atoms with E-state index in [4.69, 9.17) is 0 Å². The van der Waals surface area contributed by atoms with Gasteiger partial charge >= 0.3 is 0 Å². The number of rotatable bonds is 2. The molecule has 0 spiro atoms. The molecule has 2 nitrogen and oxygen atoms in total. The van der Waals surface area contributed by atoms with E-state index in [0.717, 1.165) is 9.75 Å². The topological polar surface area (TPSA) is 25.8 Å². The maximum Gasteiger partial charge on any atom is 0.203 e. The largest absolute Gasteiger partial charge is 0.215 e. The molecule has 1 aliphatic rings. The van der Waals surface area contributed by atoms with Crippen molar-refractivity contribution in [3.8, 4) is 0 Å². The van der Waals surface area contributed by atoms with Crippen LogP contribution in [0.1, 0.15) is 30.7 Å². The number of halogens is 1. The van der Waals surface area contributed by atoms with E-state index in [-0.39, 0.29) is 0 Å². The van der Waals surface area contributed by atoms with Crippen molar-refractivity contribution in [1.29, 1.82) is 0 Å². The summed E-state index contributed by atoms with van der Waals surface area (Å²) in [5.41, 5.74) is 0. The molecule has 1 aromatic heterocycles. The van der Waals surface area contributed by atoms with Crippen LogP contribution in [0.25, 0.3) is 0 Å². The lowest BCUT2D eigenvalue weighted by Crippen LogP contribution is -1.94. The second-order valence-electron chi connectivity index (χ2n) is 3.03. The maximum atomic E-state index is 4.37. The molecule has 0 aromatic carbocycles. The lowest BCUT2D eigenvalue weighted by molar-refractivity contribution is 0.658. The van der Waals surface area contributed by atoms with Crippen molar-refractivity contribution in [2.24, 2.45) is 5.92 Å². The molecule has 2 rings (SSSR count). The van der Waals surface area contributed by atoms with Gasteiger partial charge in [-0.25, -0.2) is 4.98 Å². The van der Waals surface area contributed by atoms with Crippen LogP contribution in [-0.4, -0.2) is 9.36 Å². The summed E-state index contributed by atoms with van der Waals surface area (Å²) < 4.78 is 5.06. The fourth-order valence-electron chi connectivity index (χ4n) is 1.20. The summed E-state index contributed by atoms with van der Waals surface area (Å²) in [6, 6.07) is 0. The first-order valence-electron chi connectivity index (χ1n) is 3.76. The van der Waals surface area contributed by atoms with E-state index in [1.165, 1.54) is 17.8 Å². The summed E-state index contributed by atoms with van der Waals surface area (Å²) in [6.07, 6.45) is 2.77. The van der Waals surface area contributed by atoms with Gasteiger partial charge in [0.05, 0.1) is 0 Å². The van der Waals surface area contributed by atoms with E-state index in [0.29, 0.717) is 5.92 Å². The molecule has 0 bridgehead atoms. The van der Waals surface area contributed by atoms with Gasteiger partial charge < -0.3 is 0 Å². The average Bonchev–Trinajstić information content (AvgIpc) is 2.74. The Morgan fingerprint density at radius 2 is 2.36 bits per heavy atom. The summed E-state index contributed by atoms with van der Waals surface area (Å²) in [4.78, 5) is 4.37. The van der Waals surface area contributed by atoms with Crippen molar-refractivity contribution < 1.29 is 0 Å². The molecular weight excluding hydrogens is 271 g/mol. The number of hydrogen-bond acceptors (Lipinski definition) is 3. The highest BCUT2D eigenvalue weighted by molar-refractivity contribution is 14.1. The van der Waals surface area contributed by atoms with E-state index >= 15 is 0 Å². The molecular formula is C7H9IN2S. The molecule has 1 fully saturated rings. The Kier molecular flexibility index (Phi) is 2.14. The van der Waals surface area contributed by atoms with Crippen molar-refractivity contribution in [2.45, 2.75) is 25.7 Å². The van der Waals surface area contributed by atoms with Crippen molar-refractivity contribution in [1.82, 2.24) is 9.36 Å². The van der Waals surface area contributed by atoms with Crippen molar-refractivity contribution in [3.63, 3.8) is 0 Å². The molecule has 0 aliphatic heterocycles. The molecule has 1 heterocycles. The van der Waals surface area contributed by atoms with Crippen LogP contribution in [0.5, 0.6) is 0 Å². The van der Waals surface area contributed by atoms with Gasteiger partial charge in [0.2, 0.25) is 3.83 Å². The zero-order valence-corrected chi connectivity index (χ0v) is 9.22. The smallest absolute Gasteiger partial charge is 0.203 e. The first-order valence-corrected chi connectivity index (χ1v) is 5.61. The fraction of sp³-hybridized carbons (Fsp3) is 0.714. The molecule has 1 aliphatic carbocycles. The summed E-state index contributed by atoms with van der Waals surface area (Å²) >= 11 is 3.72. The number of nitrogens with zero attached hydrogens (tertiary/aromatic N) is 2. The molecule has 1 saturated carbocycles. The average molecular weight is 280 g/mol. The number of hydrogen-bond donors (Lipinski definition) is 0. The molecule has 0 N–H and O–H groups in total. The lowest BCUT2D eigenvalue weighted by atomic mass is 10.1. The van der Waals surface area contributed by atoms with Crippen LogP contribution in [0.2, 0.25) is 0 Å². The Balaban J connectivity index is 2.14. The predicted octanol–water partition coefficient (Wildman–Crippen LogP) is 2.66. The minimum absolute atomic E-state index is 0.649. The zero-order valence-electron chi connectivity index (χ0n) is 6.25. The number of aromatic nitrogens is 2. The molecule has 11 heavy (non-hydrogen) atoms. The van der Waals surface area contributed by atoms with Crippen molar-refractivity contribution in [3.05, 3.63) is 8.84 Å². The molecule has 1 atom stereocenters. The summed E-state index contributed by atoms with van der Waals surface area (Å²) in [6.45, 7) is 2.26. The van der Waals surface area contributed by atoms with Crippen LogP contribution in [0.15, 0.2) is 0 Å². The first kappa shape index (κ1) is 7.91. The van der Waals surface area contributed by atoms with E-state index in [1.807, 2.05) is 0 Å². The second-order valence-corrected chi connectivity index (χ2v) is 4.78. The van der Waals surface area contributed by atoms with Crippen LogP contribution in [0.3, 0.4) is 0 Å². The SMILES string of the molecule is CC(c1nc(I)ns1)C1CC1. The summed E-state index contributed by atoms with van der Waals surface area (Å²) in [5.74, 6) is 1.55. The fourth-order valence-corrected chi connectivity index (χ4v) is 2.61. The lowest BCUT2D eigenvalue weighted by Gasteiger charge is -2.02. The highest BCUT2D eigenvalue weighted by Gasteiger charge is 2.30. The van der Waals surface area contributed by atoms with E-state index < -0.39 is 0 Å². The van der Waals surface area contributed by atoms with Crippen LogP contribution in [0.4, 0.5) is 0 Å². The Labute approximate surface area is 83.7 Å². The van der Waals surface area contributed by atoms with Crippen molar-refractivity contribution >= 4 is 34.1 Å². The van der Waals surface area contributed by atoms with Gasteiger partial charge in [-0.2, -0.15) is 4.37 Å². The van der Waals surface area contributed by atoms with Gasteiger partial charge in [0.25, 0.3) is 0 Å². The first-order chi connectivity index (χ1) is 5.27. The molecule has 0 radical (unpaired) electrons. The normalized spacial score (nSPS) is 20.2. The van der Waals surface area contributed by atoms with Gasteiger partial charge in [-0.15, -0.1) is 0 Å². The summed E-state index contributed by atoms with van der Waals surface area (Å²) in [5, 5.41) is 1.22. The van der Waals surface area contributed by atoms with E-state index in [9.17, 15) is 0 Å². The Morgan fingerprint density at radius 3 is 2.82 bits per heavy atom. The van der Waals surface area contributed by atoms with Gasteiger partial charge in [-0.3, -0.25) is 0 Å². The highest BCUT2D eigenvalue weighted by Crippen LogP contribution is 2.42. The van der Waals surface area contributed by atoms with E-state index in [2.05, 4.69) is 38.9 Å². The van der Waals surface area contributed by atoms with Crippen LogP contribution in [0, 0.1) is 9.75 Å². The maximum absolute atomic E-state index is 4.37. The second kappa shape index (κ2) is 2.97. The van der Waals surface area contributed by atoms with Gasteiger partial charge in [0, 0.05) is 28.5 Å². The Hall–Kier alpha value is 0.290. The molecule has 4 heteroatoms. The highest BCUT2D eigenvalue weighted by atomic mass is 127. The quantitative estimate of drug-likeness (QED) is 0.778. The summed E-state index contributed by atoms with van der Waals surface area (Å²) in [7, 11) is 0. The van der Waals surface area contributed by atoms with Crippen molar-refractivity contribution in [2.75, 3.05) is 0 Å². The minimum atomic E-state index is 0.649. The third-order valence-corrected chi connectivity index (χ3v) is 3.86. The monoisotopic (exact) mass is 280 g/mol. The van der Waals surface area contributed by atoms with Crippen LogP contribution < -0.4 is 0 Å². The van der Waals surface area contributed by atoms with Crippen LogP contribution in [-0.2, 0) is 0 Å². The van der Waals surface area contributed by atoms with E-state index in [1.54, 1.807) is 11.5 Å². The Bertz CT molecular complexity index is 257. The zero-order chi connectivity index (χ0) is 7.84. The van der Waals surface area contributed by atoms with Gasteiger partial charge in [-0.05, 0) is 30.3 Å². The Morgan fingerprint density at radius 1 is 1.64 bits per heavy atom. The minimum Gasteiger partial charge on any atom is -0.215 e. The van der Waals surface area contributed by atoms with Gasteiger partial charge in [0.1, 0.15) is 5.01 Å². The third-order valence-electron chi connectivity index (χ3n) is 2.14. The third kappa shape index (κ3) is 1.72. The van der Waals surface area contributed by atoms with Crippen LogP contribution >= 0.6 is 34.1 Å². The van der Waals surface area contributed by atoms with Gasteiger partial charge in [0.15, 0.2) is 0 Å². The van der Waals surface area contributed by atoms with Gasteiger partial charge in [-0.1, -0.05) is 6.92 Å². The predicted molar refractivity (Wildman–Crippen MR) is 53.8 cm³/mol. The molecule has 1 unspecified atom stereocenters. The molecule has 0 amide bonds. The molecule has 0 saturated heterocycles.